The van der Waals surface area contributed by atoms with Crippen molar-refractivity contribution in [3.8, 4) is 17.2 Å². The average molecular weight is 604 g/mol. The molecule has 11 heteroatoms. The Hall–Kier alpha value is -4.02. The summed E-state index contributed by atoms with van der Waals surface area (Å²) in [5.41, 5.74) is 2.09. The molecule has 234 valence electrons. The number of halogens is 3. The van der Waals surface area contributed by atoms with Crippen LogP contribution in [0, 0.1) is 0 Å². The van der Waals surface area contributed by atoms with Gasteiger partial charge in [-0.3, -0.25) is 0 Å². The maximum Gasteiger partial charge on any atom is 0.416 e. The number of likely N-dealkylation sites (tertiary alicyclic amines) is 1. The van der Waals surface area contributed by atoms with Crippen molar-refractivity contribution >= 4 is 17.5 Å². The van der Waals surface area contributed by atoms with Crippen LogP contribution in [0.2, 0.25) is 0 Å². The molecular weight excluding hydrogens is 563 g/mol. The fraction of sp³-hybridized carbons (Fsp3) is 0.469. The van der Waals surface area contributed by atoms with Gasteiger partial charge in [0, 0.05) is 49.2 Å². The number of hydrogen-bond acceptors (Lipinski definition) is 7. The summed E-state index contributed by atoms with van der Waals surface area (Å²) < 4.78 is 62.0. The molecule has 0 unspecified atom stereocenters. The van der Waals surface area contributed by atoms with E-state index in [-0.39, 0.29) is 12.1 Å². The molecule has 0 spiro atoms. The van der Waals surface area contributed by atoms with E-state index in [1.165, 1.54) is 12.1 Å². The molecule has 1 N–H and O–H groups in total. The first kappa shape index (κ1) is 31.9. The van der Waals surface area contributed by atoms with Crippen LogP contribution in [0.1, 0.15) is 44.7 Å². The molecule has 2 aromatic carbocycles. The lowest BCUT2D eigenvalue weighted by Gasteiger charge is -2.40. The highest BCUT2D eigenvalue weighted by Crippen LogP contribution is 2.40. The minimum Gasteiger partial charge on any atom is -0.493 e. The van der Waals surface area contributed by atoms with Crippen molar-refractivity contribution in [3.63, 3.8) is 0 Å². The quantitative estimate of drug-likeness (QED) is 0.369. The predicted octanol–water partition coefficient (Wildman–Crippen LogP) is 6.51. The Balaban J connectivity index is 1.60. The fourth-order valence-electron chi connectivity index (χ4n) is 5.28. The molecule has 2 heterocycles. The Labute approximate surface area is 251 Å². The molecule has 0 atom stereocenters. The largest absolute Gasteiger partial charge is 0.493 e. The van der Waals surface area contributed by atoms with Gasteiger partial charge in [0.1, 0.15) is 5.60 Å². The van der Waals surface area contributed by atoms with Gasteiger partial charge in [0.05, 0.1) is 26.9 Å². The molecule has 0 bridgehead atoms. The van der Waals surface area contributed by atoms with Crippen molar-refractivity contribution in [2.45, 2.75) is 51.4 Å². The van der Waals surface area contributed by atoms with E-state index in [1.54, 1.807) is 26.2 Å². The second-order valence-corrected chi connectivity index (χ2v) is 11.5. The molecule has 4 rings (SSSR count). The molecule has 2 aliphatic heterocycles. The number of alkyl halides is 3. The van der Waals surface area contributed by atoms with Gasteiger partial charge in [-0.25, -0.2) is 4.79 Å². The lowest BCUT2D eigenvalue weighted by Crippen LogP contribution is -2.48. The number of ether oxygens (including phenoxy) is 4. The molecular formula is C32H40F3N3O5. The number of hydrogen-bond donors (Lipinski definition) is 1. The molecule has 0 saturated carbocycles. The van der Waals surface area contributed by atoms with Crippen molar-refractivity contribution < 1.29 is 36.9 Å². The highest BCUT2D eigenvalue weighted by atomic mass is 19.4. The first-order valence-electron chi connectivity index (χ1n) is 14.2. The fourth-order valence-corrected chi connectivity index (χ4v) is 5.28. The first-order valence-corrected chi connectivity index (χ1v) is 14.2. The predicted molar refractivity (Wildman–Crippen MR) is 160 cm³/mol. The summed E-state index contributed by atoms with van der Waals surface area (Å²) in [4.78, 5) is 16.5. The van der Waals surface area contributed by atoms with Crippen molar-refractivity contribution in [2.24, 2.45) is 0 Å². The zero-order valence-corrected chi connectivity index (χ0v) is 25.5. The number of piperidine rings is 1. The van der Waals surface area contributed by atoms with E-state index in [2.05, 4.69) is 16.3 Å². The van der Waals surface area contributed by atoms with Crippen molar-refractivity contribution in [2.75, 3.05) is 52.4 Å². The Kier molecular flexibility index (Phi) is 9.72. The number of amides is 1. The van der Waals surface area contributed by atoms with Crippen LogP contribution in [0.3, 0.4) is 0 Å². The summed E-state index contributed by atoms with van der Waals surface area (Å²) in [5.74, 6) is 1.55. The van der Waals surface area contributed by atoms with Gasteiger partial charge in [-0.15, -0.1) is 0 Å². The molecule has 2 aromatic rings. The number of rotatable bonds is 8. The van der Waals surface area contributed by atoms with Crippen LogP contribution < -0.4 is 24.4 Å². The molecule has 2 aliphatic rings. The molecule has 0 aromatic heterocycles. The zero-order valence-electron chi connectivity index (χ0n) is 25.5. The van der Waals surface area contributed by atoms with E-state index < -0.39 is 17.3 Å². The van der Waals surface area contributed by atoms with Crippen LogP contribution in [0.25, 0.3) is 5.70 Å². The normalized spacial score (nSPS) is 16.1. The highest BCUT2D eigenvalue weighted by molar-refractivity contribution is 5.73. The van der Waals surface area contributed by atoms with E-state index >= 15 is 0 Å². The summed E-state index contributed by atoms with van der Waals surface area (Å²) in [5, 5.41) is 3.39. The topological polar surface area (TPSA) is 72.5 Å². The smallest absolute Gasteiger partial charge is 0.416 e. The van der Waals surface area contributed by atoms with E-state index in [9.17, 15) is 18.0 Å². The summed E-state index contributed by atoms with van der Waals surface area (Å²) in [6, 6.07) is 9.01. The third-order valence-corrected chi connectivity index (χ3v) is 7.40. The minimum atomic E-state index is -4.42. The highest BCUT2D eigenvalue weighted by Gasteiger charge is 2.32. The second kappa shape index (κ2) is 13.1. The lowest BCUT2D eigenvalue weighted by molar-refractivity contribution is -0.137. The minimum absolute atomic E-state index is 0.00392. The standard InChI is InChI=1S/C32H40F3N3O5/c1-31(2,3)43-30(39)37-15-12-25(13-16-37)38(24-9-7-23(8-10-24)32(33,34)35)20-21-11-14-36-26(17-21)22-18-27(40-4)29(42-6)28(19-22)41-5/h7-11,17-19,25,36H,12-16,20H2,1-6H3. The van der Waals surface area contributed by atoms with Gasteiger partial charge < -0.3 is 34.1 Å². The van der Waals surface area contributed by atoms with Crippen LogP contribution in [0.5, 0.6) is 17.2 Å². The van der Waals surface area contributed by atoms with E-state index in [0.717, 1.165) is 29.0 Å². The Morgan fingerprint density at radius 3 is 2.09 bits per heavy atom. The zero-order chi connectivity index (χ0) is 31.4. The number of carbonyl (C=O) groups excluding carboxylic acids is 1. The van der Waals surface area contributed by atoms with Gasteiger partial charge in [-0.05, 0) is 81.7 Å². The molecule has 43 heavy (non-hydrogen) atoms. The number of carbonyl (C=O) groups is 1. The molecule has 1 amide bonds. The Morgan fingerprint density at radius 1 is 0.977 bits per heavy atom. The maximum absolute atomic E-state index is 13.3. The monoisotopic (exact) mass is 603 g/mol. The summed E-state index contributed by atoms with van der Waals surface area (Å²) in [6.45, 7) is 7.51. The van der Waals surface area contributed by atoms with Gasteiger partial charge >= 0.3 is 12.3 Å². The van der Waals surface area contributed by atoms with E-state index in [1.807, 2.05) is 39.0 Å². The number of methoxy groups -OCH3 is 3. The Bertz CT molecular complexity index is 1320. The van der Waals surface area contributed by atoms with Crippen LogP contribution >= 0.6 is 0 Å². The first-order chi connectivity index (χ1) is 20.3. The lowest BCUT2D eigenvalue weighted by atomic mass is 9.99. The van der Waals surface area contributed by atoms with Gasteiger partial charge in [-0.2, -0.15) is 13.2 Å². The van der Waals surface area contributed by atoms with Crippen molar-refractivity contribution in [1.82, 2.24) is 10.2 Å². The van der Waals surface area contributed by atoms with Crippen LogP contribution in [0.15, 0.2) is 54.1 Å². The van der Waals surface area contributed by atoms with Crippen molar-refractivity contribution in [1.29, 1.82) is 0 Å². The third kappa shape index (κ3) is 7.88. The van der Waals surface area contributed by atoms with Crippen LogP contribution in [-0.2, 0) is 10.9 Å². The summed E-state index contributed by atoms with van der Waals surface area (Å²) in [6.07, 6.45) is 0.611. The second-order valence-electron chi connectivity index (χ2n) is 11.5. The maximum atomic E-state index is 13.3. The number of benzene rings is 2. The van der Waals surface area contributed by atoms with Gasteiger partial charge in [0.25, 0.3) is 0 Å². The molecule has 1 fully saturated rings. The van der Waals surface area contributed by atoms with Gasteiger partial charge in [-0.1, -0.05) is 6.08 Å². The van der Waals surface area contributed by atoms with E-state index in [4.69, 9.17) is 18.9 Å². The summed E-state index contributed by atoms with van der Waals surface area (Å²) >= 11 is 0. The average Bonchev–Trinajstić information content (AvgIpc) is 2.98. The molecule has 8 nitrogen and oxygen atoms in total. The van der Waals surface area contributed by atoms with Gasteiger partial charge in [0.2, 0.25) is 5.75 Å². The number of nitrogens with one attached hydrogen (secondary N) is 1. The van der Waals surface area contributed by atoms with Crippen LogP contribution in [-0.4, -0.2) is 70.1 Å². The van der Waals surface area contributed by atoms with Gasteiger partial charge in [0.15, 0.2) is 11.5 Å². The molecule has 1 saturated heterocycles. The number of nitrogens with zero attached hydrogens (tertiary/aromatic N) is 2. The number of dihydropyridines is 1. The summed E-state index contributed by atoms with van der Waals surface area (Å²) in [7, 11) is 4.67. The number of anilines is 1. The molecule has 0 aliphatic carbocycles. The SMILES string of the molecule is COc1cc(C2=CC(CN(c3ccc(C(F)(F)F)cc3)C3CCN(C(=O)OC(C)(C)C)CC3)=CCN2)cc(OC)c1OC. The van der Waals surface area contributed by atoms with Crippen LogP contribution in [0.4, 0.5) is 23.7 Å². The third-order valence-electron chi connectivity index (χ3n) is 7.40. The van der Waals surface area contributed by atoms with Crippen molar-refractivity contribution in [3.05, 3.63) is 65.3 Å². The van der Waals surface area contributed by atoms with E-state index in [0.29, 0.717) is 62.0 Å². The molecule has 0 radical (unpaired) electrons. The Morgan fingerprint density at radius 2 is 1.58 bits per heavy atom.